The highest BCUT2D eigenvalue weighted by Gasteiger charge is 2.21. The van der Waals surface area contributed by atoms with Gasteiger partial charge >= 0.3 is 0 Å². The Labute approximate surface area is 122 Å². The van der Waals surface area contributed by atoms with Crippen molar-refractivity contribution >= 4 is 15.7 Å². The lowest BCUT2D eigenvalue weighted by Crippen LogP contribution is -2.23. The summed E-state index contributed by atoms with van der Waals surface area (Å²) in [7, 11) is -3.58. The Morgan fingerprint density at radius 2 is 2.24 bits per heavy atom. The SMILES string of the molecule is O=S(=O)(NCc1cccnc1)c1ccc2c(c1)CC(O)N2. The van der Waals surface area contributed by atoms with Gasteiger partial charge in [0.2, 0.25) is 10.0 Å². The van der Waals surface area contributed by atoms with Crippen LogP contribution in [0, 0.1) is 0 Å². The smallest absolute Gasteiger partial charge is 0.240 e. The molecule has 0 saturated carbocycles. The maximum atomic E-state index is 12.3. The molecular weight excluding hydrogens is 290 g/mol. The number of hydrogen-bond acceptors (Lipinski definition) is 5. The minimum absolute atomic E-state index is 0.189. The second-order valence-corrected chi connectivity index (χ2v) is 6.64. The number of fused-ring (bicyclic) bond motifs is 1. The van der Waals surface area contributed by atoms with Crippen molar-refractivity contribution in [3.63, 3.8) is 0 Å². The zero-order valence-corrected chi connectivity index (χ0v) is 12.0. The van der Waals surface area contributed by atoms with Crippen molar-refractivity contribution in [3.05, 3.63) is 53.9 Å². The van der Waals surface area contributed by atoms with E-state index in [0.717, 1.165) is 16.8 Å². The van der Waals surface area contributed by atoms with Gasteiger partial charge in [-0.25, -0.2) is 13.1 Å². The van der Waals surface area contributed by atoms with Crippen LogP contribution < -0.4 is 10.0 Å². The van der Waals surface area contributed by atoms with Crippen LogP contribution in [0.1, 0.15) is 11.1 Å². The summed E-state index contributed by atoms with van der Waals surface area (Å²) in [5, 5.41) is 12.4. The number of aliphatic hydroxyl groups is 1. The van der Waals surface area contributed by atoms with E-state index in [0.29, 0.717) is 6.42 Å². The van der Waals surface area contributed by atoms with Gasteiger partial charge < -0.3 is 10.4 Å². The van der Waals surface area contributed by atoms with Crippen LogP contribution in [0.2, 0.25) is 0 Å². The van der Waals surface area contributed by atoms with Crippen molar-refractivity contribution < 1.29 is 13.5 Å². The van der Waals surface area contributed by atoms with E-state index in [4.69, 9.17) is 0 Å². The van der Waals surface area contributed by atoms with Crippen LogP contribution in [0.4, 0.5) is 5.69 Å². The summed E-state index contributed by atoms with van der Waals surface area (Å²) in [5.74, 6) is 0. The number of sulfonamides is 1. The first-order chi connectivity index (χ1) is 10.0. The van der Waals surface area contributed by atoms with E-state index in [1.807, 2.05) is 0 Å². The molecule has 110 valence electrons. The average Bonchev–Trinajstić information content (AvgIpc) is 2.85. The van der Waals surface area contributed by atoms with Gasteiger partial charge in [-0.2, -0.15) is 0 Å². The molecule has 6 nitrogen and oxygen atoms in total. The van der Waals surface area contributed by atoms with Crippen molar-refractivity contribution in [2.75, 3.05) is 5.32 Å². The molecule has 7 heteroatoms. The number of nitrogens with zero attached hydrogens (tertiary/aromatic N) is 1. The first-order valence-corrected chi connectivity index (χ1v) is 7.99. The minimum atomic E-state index is -3.58. The molecule has 0 saturated heterocycles. The summed E-state index contributed by atoms with van der Waals surface area (Å²) in [6.07, 6.45) is 3.00. The summed E-state index contributed by atoms with van der Waals surface area (Å²) < 4.78 is 27.1. The van der Waals surface area contributed by atoms with Gasteiger partial charge in [-0.05, 0) is 35.4 Å². The third-order valence-electron chi connectivity index (χ3n) is 3.31. The quantitative estimate of drug-likeness (QED) is 0.779. The molecule has 1 aliphatic rings. The molecule has 3 N–H and O–H groups in total. The molecule has 0 fully saturated rings. The van der Waals surface area contributed by atoms with Crippen LogP contribution in [-0.4, -0.2) is 24.7 Å². The summed E-state index contributed by atoms with van der Waals surface area (Å²) >= 11 is 0. The first-order valence-electron chi connectivity index (χ1n) is 6.51. The van der Waals surface area contributed by atoms with Crippen LogP contribution >= 0.6 is 0 Å². The zero-order valence-electron chi connectivity index (χ0n) is 11.2. The number of nitrogens with one attached hydrogen (secondary N) is 2. The number of aliphatic hydroxyl groups excluding tert-OH is 1. The van der Waals surface area contributed by atoms with Crippen LogP contribution in [0.15, 0.2) is 47.6 Å². The summed E-state index contributed by atoms with van der Waals surface area (Å²) in [6.45, 7) is 0.189. The predicted molar refractivity (Wildman–Crippen MR) is 78.0 cm³/mol. The molecule has 1 aliphatic heterocycles. The van der Waals surface area contributed by atoms with E-state index in [-0.39, 0.29) is 11.4 Å². The topological polar surface area (TPSA) is 91.3 Å². The average molecular weight is 305 g/mol. The minimum Gasteiger partial charge on any atom is -0.373 e. The third kappa shape index (κ3) is 3.05. The Kier molecular flexibility index (Phi) is 3.62. The Hall–Kier alpha value is -1.96. The molecule has 0 radical (unpaired) electrons. The molecule has 1 aromatic carbocycles. The van der Waals surface area contributed by atoms with Crippen molar-refractivity contribution in [3.8, 4) is 0 Å². The van der Waals surface area contributed by atoms with Gasteiger partial charge in [-0.15, -0.1) is 0 Å². The van der Waals surface area contributed by atoms with Crippen LogP contribution in [0.25, 0.3) is 0 Å². The fourth-order valence-corrected chi connectivity index (χ4v) is 3.32. The van der Waals surface area contributed by atoms with Crippen molar-refractivity contribution in [2.45, 2.75) is 24.1 Å². The summed E-state index contributed by atoms with van der Waals surface area (Å²) in [6, 6.07) is 8.34. The number of hydrogen-bond donors (Lipinski definition) is 3. The highest BCUT2D eigenvalue weighted by molar-refractivity contribution is 7.89. The fourth-order valence-electron chi connectivity index (χ4n) is 2.25. The number of aromatic nitrogens is 1. The molecule has 1 unspecified atom stereocenters. The molecule has 2 heterocycles. The molecular formula is C14H15N3O3S. The normalized spacial score (nSPS) is 17.3. The highest BCUT2D eigenvalue weighted by atomic mass is 32.2. The van der Waals surface area contributed by atoms with E-state index < -0.39 is 16.3 Å². The monoisotopic (exact) mass is 305 g/mol. The Morgan fingerprint density at radius 3 is 3.00 bits per heavy atom. The molecule has 1 atom stereocenters. The lowest BCUT2D eigenvalue weighted by molar-refractivity contribution is 0.212. The second kappa shape index (κ2) is 5.44. The Morgan fingerprint density at radius 1 is 1.38 bits per heavy atom. The number of benzene rings is 1. The Balaban J connectivity index is 1.78. The van der Waals surface area contributed by atoms with Gasteiger partial charge in [0.05, 0.1) is 4.90 Å². The van der Waals surface area contributed by atoms with Crippen LogP contribution in [-0.2, 0) is 23.0 Å². The van der Waals surface area contributed by atoms with E-state index >= 15 is 0 Å². The van der Waals surface area contributed by atoms with Crippen molar-refractivity contribution in [1.82, 2.24) is 9.71 Å². The van der Waals surface area contributed by atoms with Gasteiger partial charge in [-0.3, -0.25) is 4.98 Å². The molecule has 0 spiro atoms. The number of anilines is 1. The third-order valence-corrected chi connectivity index (χ3v) is 4.71. The molecule has 0 bridgehead atoms. The largest absolute Gasteiger partial charge is 0.373 e. The summed E-state index contributed by atoms with van der Waals surface area (Å²) in [4.78, 5) is 4.14. The first kappa shape index (κ1) is 14.0. The zero-order chi connectivity index (χ0) is 14.9. The van der Waals surface area contributed by atoms with Crippen molar-refractivity contribution in [2.24, 2.45) is 0 Å². The molecule has 21 heavy (non-hydrogen) atoms. The van der Waals surface area contributed by atoms with E-state index in [9.17, 15) is 13.5 Å². The van der Waals surface area contributed by atoms with E-state index in [1.54, 1.807) is 36.7 Å². The lowest BCUT2D eigenvalue weighted by atomic mass is 10.2. The molecule has 1 aromatic heterocycles. The van der Waals surface area contributed by atoms with Crippen LogP contribution in [0.5, 0.6) is 0 Å². The van der Waals surface area contributed by atoms with Gasteiger partial charge in [0, 0.05) is 31.0 Å². The standard InChI is InChI=1S/C14H15N3O3S/c18-14-7-11-6-12(3-4-13(11)17-14)21(19,20)16-9-10-2-1-5-15-8-10/h1-6,8,14,16-18H,7,9H2. The highest BCUT2D eigenvalue weighted by Crippen LogP contribution is 2.27. The second-order valence-electron chi connectivity index (χ2n) is 4.87. The molecule has 2 aromatic rings. The maximum Gasteiger partial charge on any atom is 0.240 e. The molecule has 3 rings (SSSR count). The maximum absolute atomic E-state index is 12.3. The lowest BCUT2D eigenvalue weighted by Gasteiger charge is -2.08. The number of pyridine rings is 1. The molecule has 0 aliphatic carbocycles. The van der Waals surface area contributed by atoms with Gasteiger partial charge in [0.1, 0.15) is 6.23 Å². The predicted octanol–water partition coefficient (Wildman–Crippen LogP) is 0.846. The van der Waals surface area contributed by atoms with Gasteiger partial charge in [0.15, 0.2) is 0 Å². The van der Waals surface area contributed by atoms with Crippen LogP contribution in [0.3, 0.4) is 0 Å². The van der Waals surface area contributed by atoms with E-state index in [2.05, 4.69) is 15.0 Å². The van der Waals surface area contributed by atoms with Gasteiger partial charge in [0.25, 0.3) is 0 Å². The molecule has 0 amide bonds. The van der Waals surface area contributed by atoms with E-state index in [1.165, 1.54) is 6.07 Å². The Bertz CT molecular complexity index is 747. The summed E-state index contributed by atoms with van der Waals surface area (Å²) in [5.41, 5.74) is 2.36. The fraction of sp³-hybridized carbons (Fsp3) is 0.214. The van der Waals surface area contributed by atoms with Gasteiger partial charge in [-0.1, -0.05) is 6.07 Å². The van der Waals surface area contributed by atoms with Crippen molar-refractivity contribution in [1.29, 1.82) is 0 Å². The number of rotatable bonds is 4.